The highest BCUT2D eigenvalue weighted by Crippen LogP contribution is 2.39. The van der Waals surface area contributed by atoms with Crippen LogP contribution < -0.4 is 4.72 Å². The van der Waals surface area contributed by atoms with Gasteiger partial charge in [-0.15, -0.1) is 4.72 Å². The molecular weight excluding hydrogens is 378 g/mol. The quantitative estimate of drug-likeness (QED) is 0.416. The van der Waals surface area contributed by atoms with Crippen molar-refractivity contribution in [3.63, 3.8) is 0 Å². The summed E-state index contributed by atoms with van der Waals surface area (Å²) in [6.07, 6.45) is -0.0867. The first-order chi connectivity index (χ1) is 11.2. The van der Waals surface area contributed by atoms with Crippen molar-refractivity contribution in [3.8, 4) is 0 Å². The molecule has 2 atom stereocenters. The highest BCUT2D eigenvalue weighted by atomic mass is 32.2. The van der Waals surface area contributed by atoms with E-state index in [9.17, 15) is 4.55 Å². The second kappa shape index (κ2) is 8.97. The fourth-order valence-corrected chi connectivity index (χ4v) is 4.78. The zero-order chi connectivity index (χ0) is 21.2. The molecule has 0 amide bonds. The third-order valence-electron chi connectivity index (χ3n) is 5.70. The summed E-state index contributed by atoms with van der Waals surface area (Å²) in [7, 11) is -3.78. The van der Waals surface area contributed by atoms with Gasteiger partial charge in [0.15, 0.2) is 16.6 Å². The first kappa shape index (κ1) is 26.6. The van der Waals surface area contributed by atoms with Gasteiger partial charge in [0, 0.05) is 11.4 Å². The van der Waals surface area contributed by atoms with Crippen LogP contribution in [-0.4, -0.2) is 45.2 Å². The standard InChI is InChI=1S/C19H45NO3SSi2/c1-17(2,3)24(21)20-14-16(23-26(12,13)19(7,8)9)15-22-25(10,11)18(4,5)6/h16,20H,14-15H2,1-13H3/t16-,24?/m0/s1. The zero-order valence-corrected chi connectivity index (χ0v) is 22.4. The molecule has 7 heteroatoms. The lowest BCUT2D eigenvalue weighted by molar-refractivity contribution is 0.110. The van der Waals surface area contributed by atoms with E-state index in [4.69, 9.17) is 8.85 Å². The summed E-state index contributed by atoms with van der Waals surface area (Å²) >= 11 is -1.11. The molecule has 0 aromatic rings. The summed E-state index contributed by atoms with van der Waals surface area (Å²) < 4.78 is 28.3. The van der Waals surface area contributed by atoms with Crippen molar-refractivity contribution in [2.24, 2.45) is 0 Å². The Hall–Kier alpha value is 0.624. The van der Waals surface area contributed by atoms with Crippen molar-refractivity contribution in [3.05, 3.63) is 0 Å². The maximum absolute atomic E-state index is 12.4. The van der Waals surface area contributed by atoms with Crippen LogP contribution in [0.4, 0.5) is 0 Å². The summed E-state index contributed by atoms with van der Waals surface area (Å²) in [5, 5.41) is 0.293. The molecule has 0 radical (unpaired) electrons. The third-order valence-corrected chi connectivity index (χ3v) is 16.3. The van der Waals surface area contributed by atoms with Crippen LogP contribution in [0.15, 0.2) is 0 Å². The Kier molecular flexibility index (Phi) is 9.18. The maximum atomic E-state index is 12.4. The van der Waals surface area contributed by atoms with E-state index in [1.807, 2.05) is 20.8 Å². The van der Waals surface area contributed by atoms with E-state index in [2.05, 4.69) is 72.5 Å². The summed E-state index contributed by atoms with van der Waals surface area (Å²) in [5.74, 6) is 0. The molecule has 4 nitrogen and oxygen atoms in total. The minimum atomic E-state index is -1.93. The topological polar surface area (TPSA) is 53.5 Å². The Balaban J connectivity index is 5.18. The molecule has 0 fully saturated rings. The monoisotopic (exact) mass is 423 g/mol. The average Bonchev–Trinajstić information content (AvgIpc) is 2.37. The maximum Gasteiger partial charge on any atom is 0.192 e. The largest absolute Gasteiger partial charge is 0.598 e. The molecule has 26 heavy (non-hydrogen) atoms. The van der Waals surface area contributed by atoms with E-state index in [0.29, 0.717) is 13.2 Å². The van der Waals surface area contributed by atoms with Gasteiger partial charge in [0.1, 0.15) is 4.75 Å². The molecule has 0 aromatic heterocycles. The molecule has 0 bridgehead atoms. The first-order valence-corrected chi connectivity index (χ1v) is 16.6. The van der Waals surface area contributed by atoms with Crippen LogP contribution in [0.25, 0.3) is 0 Å². The van der Waals surface area contributed by atoms with Crippen molar-refractivity contribution in [2.75, 3.05) is 13.2 Å². The third kappa shape index (κ3) is 8.33. The zero-order valence-electron chi connectivity index (χ0n) is 19.6. The smallest absolute Gasteiger partial charge is 0.192 e. The van der Waals surface area contributed by atoms with Crippen LogP contribution >= 0.6 is 0 Å². The summed E-state index contributed by atoms with van der Waals surface area (Å²) in [4.78, 5) is 0. The molecule has 0 saturated carbocycles. The number of hydrogen-bond donors (Lipinski definition) is 1. The van der Waals surface area contributed by atoms with Crippen LogP contribution in [0, 0.1) is 0 Å². The highest BCUT2D eigenvalue weighted by Gasteiger charge is 2.42. The van der Waals surface area contributed by atoms with Gasteiger partial charge < -0.3 is 13.4 Å². The van der Waals surface area contributed by atoms with Crippen LogP contribution in [0.1, 0.15) is 62.3 Å². The molecular formula is C19H45NO3SSi2. The molecule has 0 heterocycles. The second-order valence-electron chi connectivity index (χ2n) is 11.3. The van der Waals surface area contributed by atoms with E-state index < -0.39 is 28.0 Å². The summed E-state index contributed by atoms with van der Waals surface area (Å²) in [6.45, 7) is 29.5. The lowest BCUT2D eigenvalue weighted by atomic mass is 10.2. The Morgan fingerprint density at radius 2 is 1.27 bits per heavy atom. The molecule has 0 aromatic carbocycles. The predicted molar refractivity (Wildman–Crippen MR) is 121 cm³/mol. The predicted octanol–water partition coefficient (Wildman–Crippen LogP) is 5.45. The number of nitrogens with one attached hydrogen (secondary N) is 1. The molecule has 158 valence electrons. The van der Waals surface area contributed by atoms with Gasteiger partial charge in [-0.1, -0.05) is 41.5 Å². The van der Waals surface area contributed by atoms with Crippen molar-refractivity contribution in [1.29, 1.82) is 0 Å². The van der Waals surface area contributed by atoms with Crippen molar-refractivity contribution in [2.45, 2.75) is 109 Å². The van der Waals surface area contributed by atoms with E-state index in [0.717, 1.165) is 0 Å². The van der Waals surface area contributed by atoms with Crippen LogP contribution in [-0.2, 0) is 20.2 Å². The molecule has 0 saturated heterocycles. The highest BCUT2D eigenvalue weighted by molar-refractivity contribution is 7.90. The number of rotatable bonds is 8. The Morgan fingerprint density at radius 1 is 0.846 bits per heavy atom. The van der Waals surface area contributed by atoms with Crippen LogP contribution in [0.5, 0.6) is 0 Å². The normalized spacial score (nSPS) is 17.3. The van der Waals surface area contributed by atoms with Gasteiger partial charge in [-0.3, -0.25) is 0 Å². The fourth-order valence-electron chi connectivity index (χ4n) is 1.63. The molecule has 0 spiro atoms. The molecule has 0 aliphatic rings. The lowest BCUT2D eigenvalue weighted by Crippen LogP contribution is -2.52. The van der Waals surface area contributed by atoms with Gasteiger partial charge in [0.25, 0.3) is 0 Å². The van der Waals surface area contributed by atoms with Gasteiger partial charge in [0.2, 0.25) is 0 Å². The summed E-state index contributed by atoms with van der Waals surface area (Å²) in [6, 6.07) is 0. The van der Waals surface area contributed by atoms with Gasteiger partial charge in [0.05, 0.1) is 19.3 Å². The van der Waals surface area contributed by atoms with Crippen molar-refractivity contribution in [1.82, 2.24) is 4.72 Å². The van der Waals surface area contributed by atoms with Gasteiger partial charge in [-0.2, -0.15) is 0 Å². The molecule has 0 aliphatic carbocycles. The Bertz CT molecular complexity index is 438. The summed E-state index contributed by atoms with van der Waals surface area (Å²) in [5.41, 5.74) is 0. The van der Waals surface area contributed by atoms with Crippen LogP contribution in [0.2, 0.25) is 36.3 Å². The number of hydrogen-bond acceptors (Lipinski definition) is 4. The lowest BCUT2D eigenvalue weighted by Gasteiger charge is -2.41. The Morgan fingerprint density at radius 3 is 1.62 bits per heavy atom. The van der Waals surface area contributed by atoms with Gasteiger partial charge in [-0.05, 0) is 57.0 Å². The molecule has 0 rings (SSSR count). The van der Waals surface area contributed by atoms with E-state index in [1.54, 1.807) is 0 Å². The SMILES string of the molecule is CC(C)(C)[S+]([O-])NC[C@@H](CO[Si](C)(C)C(C)(C)C)O[Si](C)(C)C(C)(C)C. The molecule has 1 N–H and O–H groups in total. The van der Waals surface area contributed by atoms with Crippen molar-refractivity contribution < 1.29 is 13.4 Å². The minimum absolute atomic E-state index is 0.0867. The molecule has 1 unspecified atom stereocenters. The van der Waals surface area contributed by atoms with E-state index >= 15 is 0 Å². The van der Waals surface area contributed by atoms with E-state index in [-0.39, 0.29) is 20.9 Å². The second-order valence-corrected chi connectivity index (χ2v) is 22.9. The van der Waals surface area contributed by atoms with Crippen LogP contribution in [0.3, 0.4) is 0 Å². The van der Waals surface area contributed by atoms with Gasteiger partial charge in [-0.25, -0.2) is 0 Å². The Labute approximate surface area is 168 Å². The minimum Gasteiger partial charge on any atom is -0.598 e. The first-order valence-electron chi connectivity index (χ1n) is 9.68. The average molecular weight is 424 g/mol. The fraction of sp³-hybridized carbons (Fsp3) is 1.00. The van der Waals surface area contributed by atoms with E-state index in [1.165, 1.54) is 0 Å². The van der Waals surface area contributed by atoms with Gasteiger partial charge >= 0.3 is 0 Å². The van der Waals surface area contributed by atoms with Crippen molar-refractivity contribution >= 4 is 28.0 Å². The molecule has 0 aliphatic heterocycles.